The highest BCUT2D eigenvalue weighted by Crippen LogP contribution is 2.18. The van der Waals surface area contributed by atoms with Crippen LogP contribution in [0, 0.1) is 0 Å². The number of aliphatic imine (C=N–C) groups is 1. The Morgan fingerprint density at radius 2 is 2.07 bits per heavy atom. The quantitative estimate of drug-likeness (QED) is 0.702. The van der Waals surface area contributed by atoms with E-state index in [0.717, 1.165) is 28.9 Å². The smallest absolute Gasteiger partial charge is 0.218 e. The van der Waals surface area contributed by atoms with Gasteiger partial charge in [-0.1, -0.05) is 18.2 Å². The topological polar surface area (TPSA) is 34.5 Å². The molecule has 0 N–H and O–H groups in total. The number of pyridine rings is 1. The van der Waals surface area contributed by atoms with Gasteiger partial charge in [0.05, 0.1) is 17.6 Å². The van der Waals surface area contributed by atoms with Crippen molar-refractivity contribution in [3.63, 3.8) is 0 Å². The van der Waals surface area contributed by atoms with E-state index in [1.807, 2.05) is 30.3 Å². The molecule has 0 unspecified atom stereocenters. The minimum absolute atomic E-state index is 0.679. The first-order chi connectivity index (χ1) is 7.45. The molecule has 1 aromatic carbocycles. The van der Waals surface area contributed by atoms with Crippen LogP contribution in [0.2, 0.25) is 0 Å². The van der Waals surface area contributed by atoms with Crippen LogP contribution in [0.15, 0.2) is 41.5 Å². The Kier molecular flexibility index (Phi) is 1.88. The molecule has 1 aliphatic heterocycles. The zero-order valence-corrected chi connectivity index (χ0v) is 8.18. The second-order valence-electron chi connectivity index (χ2n) is 3.42. The van der Waals surface area contributed by atoms with Crippen LogP contribution in [0.5, 0.6) is 0 Å². The van der Waals surface area contributed by atoms with Gasteiger partial charge >= 0.3 is 0 Å². The van der Waals surface area contributed by atoms with Crippen molar-refractivity contribution < 1.29 is 4.74 Å². The molecule has 2 aromatic rings. The number of fused-ring (bicyclic) bond motifs is 1. The van der Waals surface area contributed by atoms with E-state index in [0.29, 0.717) is 6.61 Å². The molecular formula is C12H10N2O. The SMILES string of the molecule is c1cnc2c(C3=NCCO3)cccc2c1. The Bertz CT molecular complexity index is 529. The van der Waals surface area contributed by atoms with Gasteiger partial charge in [-0.25, -0.2) is 4.99 Å². The molecule has 0 fully saturated rings. The molecule has 3 nitrogen and oxygen atoms in total. The summed E-state index contributed by atoms with van der Waals surface area (Å²) in [6, 6.07) is 10.0. The fourth-order valence-electron chi connectivity index (χ4n) is 1.77. The van der Waals surface area contributed by atoms with Crippen LogP contribution in [0.1, 0.15) is 5.56 Å². The van der Waals surface area contributed by atoms with E-state index < -0.39 is 0 Å². The van der Waals surface area contributed by atoms with Gasteiger partial charge in [-0.2, -0.15) is 0 Å². The summed E-state index contributed by atoms with van der Waals surface area (Å²) in [6.07, 6.45) is 1.79. The summed E-state index contributed by atoms with van der Waals surface area (Å²) in [7, 11) is 0. The maximum Gasteiger partial charge on any atom is 0.218 e. The fraction of sp³-hybridized carbons (Fsp3) is 0.167. The Hall–Kier alpha value is -1.90. The van der Waals surface area contributed by atoms with Crippen molar-refractivity contribution in [1.82, 2.24) is 4.98 Å². The van der Waals surface area contributed by atoms with Gasteiger partial charge in [-0.15, -0.1) is 0 Å². The van der Waals surface area contributed by atoms with Gasteiger partial charge in [-0.05, 0) is 12.1 Å². The molecule has 0 aliphatic carbocycles. The number of nitrogens with zero attached hydrogens (tertiary/aromatic N) is 2. The van der Waals surface area contributed by atoms with Crippen LogP contribution < -0.4 is 0 Å². The number of aromatic nitrogens is 1. The van der Waals surface area contributed by atoms with Crippen LogP contribution in [-0.2, 0) is 4.74 Å². The van der Waals surface area contributed by atoms with Crippen LogP contribution in [0.4, 0.5) is 0 Å². The lowest BCUT2D eigenvalue weighted by atomic mass is 10.1. The van der Waals surface area contributed by atoms with Crippen LogP contribution >= 0.6 is 0 Å². The van der Waals surface area contributed by atoms with Crippen molar-refractivity contribution in [2.75, 3.05) is 13.2 Å². The maximum absolute atomic E-state index is 5.46. The fourth-order valence-corrected chi connectivity index (χ4v) is 1.77. The molecule has 0 saturated heterocycles. The molecule has 15 heavy (non-hydrogen) atoms. The average molecular weight is 198 g/mol. The largest absolute Gasteiger partial charge is 0.475 e. The van der Waals surface area contributed by atoms with Crippen molar-refractivity contribution in [2.45, 2.75) is 0 Å². The van der Waals surface area contributed by atoms with Gasteiger partial charge in [0.2, 0.25) is 5.90 Å². The first-order valence-electron chi connectivity index (χ1n) is 4.96. The summed E-state index contributed by atoms with van der Waals surface area (Å²) in [5, 5.41) is 1.12. The van der Waals surface area contributed by atoms with Crippen molar-refractivity contribution in [3.05, 3.63) is 42.1 Å². The van der Waals surface area contributed by atoms with E-state index >= 15 is 0 Å². The summed E-state index contributed by atoms with van der Waals surface area (Å²) >= 11 is 0. The molecule has 74 valence electrons. The number of benzene rings is 1. The van der Waals surface area contributed by atoms with Gasteiger partial charge in [-0.3, -0.25) is 4.98 Å². The number of rotatable bonds is 1. The van der Waals surface area contributed by atoms with Crippen LogP contribution in [0.3, 0.4) is 0 Å². The highest BCUT2D eigenvalue weighted by molar-refractivity contribution is 6.05. The van der Waals surface area contributed by atoms with Crippen LogP contribution in [-0.4, -0.2) is 24.0 Å². The number of para-hydroxylation sites is 1. The van der Waals surface area contributed by atoms with E-state index in [4.69, 9.17) is 4.74 Å². The molecule has 0 spiro atoms. The van der Waals surface area contributed by atoms with Gasteiger partial charge in [0.25, 0.3) is 0 Å². The van der Waals surface area contributed by atoms with E-state index in [1.54, 1.807) is 6.20 Å². The zero-order valence-electron chi connectivity index (χ0n) is 8.18. The molecule has 0 atom stereocenters. The Balaban J connectivity index is 2.26. The number of hydrogen-bond donors (Lipinski definition) is 0. The predicted octanol–water partition coefficient (Wildman–Crippen LogP) is 2.01. The number of ether oxygens (including phenoxy) is 1. The monoisotopic (exact) mass is 198 g/mol. The van der Waals surface area contributed by atoms with E-state index in [1.165, 1.54) is 0 Å². The van der Waals surface area contributed by atoms with E-state index in [9.17, 15) is 0 Å². The molecule has 1 aliphatic rings. The van der Waals surface area contributed by atoms with Crippen molar-refractivity contribution >= 4 is 16.8 Å². The summed E-state index contributed by atoms with van der Waals surface area (Å²) < 4.78 is 5.46. The van der Waals surface area contributed by atoms with Gasteiger partial charge < -0.3 is 4.74 Å². The minimum Gasteiger partial charge on any atom is -0.475 e. The molecular weight excluding hydrogens is 188 g/mol. The van der Waals surface area contributed by atoms with E-state index in [-0.39, 0.29) is 0 Å². The molecule has 0 radical (unpaired) electrons. The zero-order chi connectivity index (χ0) is 10.1. The maximum atomic E-state index is 5.46. The second-order valence-corrected chi connectivity index (χ2v) is 3.42. The Morgan fingerprint density at radius 3 is 2.93 bits per heavy atom. The summed E-state index contributed by atoms with van der Waals surface area (Å²) in [5.41, 5.74) is 1.95. The number of hydrogen-bond acceptors (Lipinski definition) is 3. The summed E-state index contributed by atoms with van der Waals surface area (Å²) in [4.78, 5) is 8.68. The molecule has 2 heterocycles. The summed E-state index contributed by atoms with van der Waals surface area (Å²) in [5.74, 6) is 0.722. The van der Waals surface area contributed by atoms with Gasteiger partial charge in [0, 0.05) is 11.6 Å². The molecule has 0 amide bonds. The van der Waals surface area contributed by atoms with Crippen molar-refractivity contribution in [3.8, 4) is 0 Å². The van der Waals surface area contributed by atoms with Crippen LogP contribution in [0.25, 0.3) is 10.9 Å². The standard InChI is InChI=1S/C12H10N2O/c1-3-9-4-2-6-13-11(9)10(5-1)12-14-7-8-15-12/h1-6H,7-8H2. The highest BCUT2D eigenvalue weighted by Gasteiger charge is 2.13. The minimum atomic E-state index is 0.679. The molecule has 0 saturated carbocycles. The van der Waals surface area contributed by atoms with E-state index in [2.05, 4.69) is 9.98 Å². The Morgan fingerprint density at radius 1 is 1.13 bits per heavy atom. The lowest BCUT2D eigenvalue weighted by molar-refractivity contribution is 0.348. The highest BCUT2D eigenvalue weighted by atomic mass is 16.5. The predicted molar refractivity (Wildman–Crippen MR) is 59.1 cm³/mol. The molecule has 3 rings (SSSR count). The summed E-state index contributed by atoms with van der Waals surface area (Å²) in [6.45, 7) is 1.43. The third kappa shape index (κ3) is 1.36. The molecule has 0 bridgehead atoms. The lowest BCUT2D eigenvalue weighted by Crippen LogP contribution is -2.02. The first kappa shape index (κ1) is 8.41. The Labute approximate surface area is 87.4 Å². The van der Waals surface area contributed by atoms with Gasteiger partial charge in [0.1, 0.15) is 6.61 Å². The normalized spacial score (nSPS) is 15.1. The second kappa shape index (κ2) is 3.35. The third-order valence-electron chi connectivity index (χ3n) is 2.45. The van der Waals surface area contributed by atoms with Gasteiger partial charge in [0.15, 0.2) is 0 Å². The lowest BCUT2D eigenvalue weighted by Gasteiger charge is -2.04. The molecule has 3 heteroatoms. The van der Waals surface area contributed by atoms with Crippen molar-refractivity contribution in [2.24, 2.45) is 4.99 Å². The molecule has 1 aromatic heterocycles. The van der Waals surface area contributed by atoms with Crippen molar-refractivity contribution in [1.29, 1.82) is 0 Å². The average Bonchev–Trinajstić information content (AvgIpc) is 2.82. The first-order valence-corrected chi connectivity index (χ1v) is 4.96. The third-order valence-corrected chi connectivity index (χ3v) is 2.45.